The Morgan fingerprint density at radius 3 is 2.72 bits per heavy atom. The van der Waals surface area contributed by atoms with Crippen molar-refractivity contribution in [3.63, 3.8) is 0 Å². The number of alkyl carbamates (subject to hydrolysis) is 1. The molecule has 4 rings (SSSR count). The van der Waals surface area contributed by atoms with Crippen LogP contribution in [0.4, 0.5) is 13.6 Å². The highest BCUT2D eigenvalue weighted by atomic mass is 19.3. The summed E-state index contributed by atoms with van der Waals surface area (Å²) in [5.41, 5.74) is 0.618. The first-order valence-electron chi connectivity index (χ1n) is 10.5. The number of carbonyl (C=O) groups excluding carboxylic acids is 2. The van der Waals surface area contributed by atoms with Crippen molar-refractivity contribution in [3.8, 4) is 11.5 Å². The maximum Gasteiger partial charge on any atom is 0.407 e. The normalized spacial score (nSPS) is 21.1. The van der Waals surface area contributed by atoms with Gasteiger partial charge in [-0.25, -0.2) is 4.79 Å². The van der Waals surface area contributed by atoms with Gasteiger partial charge >= 0.3 is 12.5 Å². The summed E-state index contributed by atoms with van der Waals surface area (Å²) in [6, 6.07) is 1.10. The Balaban J connectivity index is 1.52. The lowest BCUT2D eigenvalue weighted by molar-refractivity contribution is 0.0393. The van der Waals surface area contributed by atoms with E-state index in [0.717, 1.165) is 25.7 Å². The number of hydrogen-bond donors (Lipinski definition) is 1. The number of pyridine rings is 1. The first kappa shape index (κ1) is 22.1. The molecule has 11 heteroatoms. The van der Waals surface area contributed by atoms with Crippen LogP contribution >= 0.6 is 0 Å². The molecular formula is C21H25F2N5O4. The molecule has 172 valence electrons. The number of aromatic nitrogens is 3. The molecular weight excluding hydrogens is 424 g/mol. The molecule has 1 fully saturated rings. The SMILES string of the molecule is CC(C)(C)OC(=O)N[C@@H]1CCCC[C@H]1N1Cc2ncc(-c3nnc(C(F)F)o3)cc2C1=O. The number of nitrogens with zero attached hydrogens (tertiary/aromatic N) is 4. The second-order valence-corrected chi connectivity index (χ2v) is 9.00. The summed E-state index contributed by atoms with van der Waals surface area (Å²) in [5.74, 6) is -1.14. The minimum atomic E-state index is -2.88. The summed E-state index contributed by atoms with van der Waals surface area (Å²) in [6.45, 7) is 5.69. The van der Waals surface area contributed by atoms with Crippen LogP contribution < -0.4 is 5.32 Å². The zero-order chi connectivity index (χ0) is 23.0. The van der Waals surface area contributed by atoms with Gasteiger partial charge in [0.05, 0.1) is 35.4 Å². The van der Waals surface area contributed by atoms with Crippen LogP contribution in [0.1, 0.15) is 74.8 Å². The van der Waals surface area contributed by atoms with Crippen molar-refractivity contribution < 1.29 is 27.5 Å². The van der Waals surface area contributed by atoms with E-state index in [0.29, 0.717) is 23.4 Å². The van der Waals surface area contributed by atoms with E-state index in [4.69, 9.17) is 9.15 Å². The molecule has 3 heterocycles. The Bertz CT molecular complexity index is 1020. The van der Waals surface area contributed by atoms with Gasteiger partial charge in [-0.1, -0.05) is 12.8 Å². The van der Waals surface area contributed by atoms with E-state index < -0.39 is 24.0 Å². The fraction of sp³-hybridized carbons (Fsp3) is 0.571. The van der Waals surface area contributed by atoms with Crippen LogP contribution in [-0.2, 0) is 11.3 Å². The standard InChI is InChI=1S/C21H25F2N5O4/c1-21(2,3)32-20(30)25-13-6-4-5-7-15(13)28-10-14-12(19(28)29)8-11(9-24-14)17-26-27-18(31-17)16(22)23/h8-9,13,15-16H,4-7,10H2,1-3H3,(H,25,30)/t13-,15-/m1/s1. The van der Waals surface area contributed by atoms with Gasteiger partial charge in [0.25, 0.3) is 11.8 Å². The molecule has 2 aromatic rings. The zero-order valence-corrected chi connectivity index (χ0v) is 18.1. The molecule has 0 aromatic carbocycles. The Labute approximate surface area is 183 Å². The highest BCUT2D eigenvalue weighted by Gasteiger charge is 2.40. The molecule has 2 atom stereocenters. The van der Waals surface area contributed by atoms with Gasteiger partial charge in [-0.05, 0) is 39.7 Å². The van der Waals surface area contributed by atoms with Gasteiger partial charge in [-0.3, -0.25) is 9.78 Å². The first-order valence-corrected chi connectivity index (χ1v) is 10.5. The molecule has 0 radical (unpaired) electrons. The summed E-state index contributed by atoms with van der Waals surface area (Å²) in [4.78, 5) is 31.6. The van der Waals surface area contributed by atoms with Crippen LogP contribution in [0.25, 0.3) is 11.5 Å². The van der Waals surface area contributed by atoms with E-state index in [2.05, 4.69) is 20.5 Å². The number of amides is 2. The number of ether oxygens (including phenoxy) is 1. The quantitative estimate of drug-likeness (QED) is 0.755. The van der Waals surface area contributed by atoms with Gasteiger partial charge < -0.3 is 19.4 Å². The molecule has 2 amide bonds. The van der Waals surface area contributed by atoms with Crippen LogP contribution in [0, 0.1) is 0 Å². The highest BCUT2D eigenvalue weighted by Crippen LogP contribution is 2.33. The van der Waals surface area contributed by atoms with Crippen LogP contribution in [0.2, 0.25) is 0 Å². The number of alkyl halides is 2. The van der Waals surface area contributed by atoms with Crippen molar-refractivity contribution in [1.29, 1.82) is 0 Å². The molecule has 1 aliphatic heterocycles. The zero-order valence-electron chi connectivity index (χ0n) is 18.1. The van der Waals surface area contributed by atoms with Crippen LogP contribution in [0.15, 0.2) is 16.7 Å². The fourth-order valence-corrected chi connectivity index (χ4v) is 4.13. The van der Waals surface area contributed by atoms with Gasteiger partial charge in [0.2, 0.25) is 5.89 Å². The van der Waals surface area contributed by atoms with Crippen LogP contribution in [0.3, 0.4) is 0 Å². The number of nitrogens with one attached hydrogen (secondary N) is 1. The number of hydrogen-bond acceptors (Lipinski definition) is 7. The summed E-state index contributed by atoms with van der Waals surface area (Å²) in [5, 5.41) is 9.85. The van der Waals surface area contributed by atoms with Gasteiger partial charge in [0.1, 0.15) is 5.60 Å². The molecule has 0 spiro atoms. The predicted octanol–water partition coefficient (Wildman–Crippen LogP) is 3.86. The molecule has 32 heavy (non-hydrogen) atoms. The van der Waals surface area contributed by atoms with Crippen molar-refractivity contribution in [3.05, 3.63) is 29.4 Å². The highest BCUT2D eigenvalue weighted by molar-refractivity contribution is 5.99. The summed E-state index contributed by atoms with van der Waals surface area (Å²) >= 11 is 0. The molecule has 2 aliphatic rings. The largest absolute Gasteiger partial charge is 0.444 e. The van der Waals surface area contributed by atoms with Gasteiger partial charge in [-0.15, -0.1) is 10.2 Å². The third-order valence-corrected chi connectivity index (χ3v) is 5.49. The molecule has 1 saturated carbocycles. The second-order valence-electron chi connectivity index (χ2n) is 9.00. The van der Waals surface area contributed by atoms with E-state index in [9.17, 15) is 18.4 Å². The van der Waals surface area contributed by atoms with Gasteiger partial charge in [0, 0.05) is 6.20 Å². The average Bonchev–Trinajstić information content (AvgIpc) is 3.32. The fourth-order valence-electron chi connectivity index (χ4n) is 4.13. The van der Waals surface area contributed by atoms with E-state index in [1.807, 2.05) is 0 Å². The van der Waals surface area contributed by atoms with Crippen molar-refractivity contribution >= 4 is 12.0 Å². The smallest absolute Gasteiger partial charge is 0.407 e. The van der Waals surface area contributed by atoms with E-state index >= 15 is 0 Å². The second kappa shape index (κ2) is 8.44. The topological polar surface area (TPSA) is 110 Å². The third kappa shape index (κ3) is 4.56. The minimum Gasteiger partial charge on any atom is -0.444 e. The summed E-state index contributed by atoms with van der Waals surface area (Å²) in [7, 11) is 0. The number of carbonyl (C=O) groups is 2. The molecule has 2 aromatic heterocycles. The molecule has 1 aliphatic carbocycles. The Morgan fingerprint density at radius 2 is 2.03 bits per heavy atom. The first-order chi connectivity index (χ1) is 15.1. The lowest BCUT2D eigenvalue weighted by atomic mass is 9.89. The minimum absolute atomic E-state index is 0.121. The number of rotatable bonds is 4. The van der Waals surface area contributed by atoms with Crippen molar-refractivity contribution in [1.82, 2.24) is 25.4 Å². The lowest BCUT2D eigenvalue weighted by Gasteiger charge is -2.38. The third-order valence-electron chi connectivity index (χ3n) is 5.49. The molecule has 0 bridgehead atoms. The molecule has 1 N–H and O–H groups in total. The Hall–Kier alpha value is -3.11. The monoisotopic (exact) mass is 449 g/mol. The van der Waals surface area contributed by atoms with E-state index in [1.165, 1.54) is 12.3 Å². The molecule has 0 saturated heterocycles. The van der Waals surface area contributed by atoms with Crippen LogP contribution in [0.5, 0.6) is 0 Å². The molecule has 9 nitrogen and oxygen atoms in total. The Kier molecular flexibility index (Phi) is 5.83. The Morgan fingerprint density at radius 1 is 1.28 bits per heavy atom. The van der Waals surface area contributed by atoms with E-state index in [1.54, 1.807) is 25.7 Å². The van der Waals surface area contributed by atoms with Gasteiger partial charge in [0.15, 0.2) is 0 Å². The number of halogens is 2. The van der Waals surface area contributed by atoms with E-state index in [-0.39, 0.29) is 23.9 Å². The maximum absolute atomic E-state index is 13.2. The lowest BCUT2D eigenvalue weighted by Crippen LogP contribution is -2.54. The average molecular weight is 449 g/mol. The summed E-state index contributed by atoms with van der Waals surface area (Å²) < 4.78 is 35.8. The van der Waals surface area contributed by atoms with Gasteiger partial charge in [-0.2, -0.15) is 8.78 Å². The summed E-state index contributed by atoms with van der Waals surface area (Å²) in [6.07, 6.45) is 1.40. The predicted molar refractivity (Wildman–Crippen MR) is 108 cm³/mol. The molecule has 0 unspecified atom stereocenters. The van der Waals surface area contributed by atoms with Crippen LogP contribution in [-0.4, -0.2) is 49.8 Å². The van der Waals surface area contributed by atoms with Crippen molar-refractivity contribution in [2.45, 2.75) is 77.1 Å². The maximum atomic E-state index is 13.2. The van der Waals surface area contributed by atoms with Crippen molar-refractivity contribution in [2.75, 3.05) is 0 Å². The number of fused-ring (bicyclic) bond motifs is 1. The van der Waals surface area contributed by atoms with Crippen molar-refractivity contribution in [2.24, 2.45) is 0 Å².